The number of hydrogen-bond acceptors (Lipinski definition) is 4. The zero-order valence-electron chi connectivity index (χ0n) is 23.6. The summed E-state index contributed by atoms with van der Waals surface area (Å²) in [6.45, 7) is 5.90. The Bertz CT molecular complexity index is 1620. The zero-order chi connectivity index (χ0) is 31.9. The highest BCUT2D eigenvalue weighted by Gasteiger charge is 2.40. The fourth-order valence-corrected chi connectivity index (χ4v) is 8.81. The molecule has 0 fully saturated rings. The van der Waals surface area contributed by atoms with Gasteiger partial charge in [0.1, 0.15) is 17.5 Å². The highest BCUT2D eigenvalue weighted by atomic mass is 127. The number of nitrogens with one attached hydrogen (secondary N) is 1. The van der Waals surface area contributed by atoms with Crippen LogP contribution in [0, 0.1) is 14.3 Å². The first-order valence-electron chi connectivity index (χ1n) is 13.5. The summed E-state index contributed by atoms with van der Waals surface area (Å²) in [5.41, 5.74) is 2.56. The Hall–Kier alpha value is -1.95. The minimum atomic E-state index is -0.983. The van der Waals surface area contributed by atoms with E-state index in [0.717, 1.165) is 29.4 Å². The van der Waals surface area contributed by atoms with Crippen LogP contribution in [0.5, 0.6) is 17.2 Å². The topological polar surface area (TPSA) is 78.8 Å². The van der Waals surface area contributed by atoms with Crippen LogP contribution in [0.1, 0.15) is 23.6 Å². The molecular weight excluding hydrogens is 1010 g/mol. The van der Waals surface area contributed by atoms with Gasteiger partial charge in [0.25, 0.3) is 0 Å². The summed E-state index contributed by atoms with van der Waals surface area (Å²) >= 11 is 8.61. The van der Waals surface area contributed by atoms with Crippen molar-refractivity contribution in [1.82, 2.24) is 5.32 Å². The number of phenolic OH excluding ortho intramolecular Hbond substituents is 1. The Balaban J connectivity index is 1.78. The zero-order valence-corrected chi connectivity index (χ0v) is 32.2. The summed E-state index contributed by atoms with van der Waals surface area (Å²) in [5.74, 6) is 0.567. The third-order valence-corrected chi connectivity index (χ3v) is 10.1. The Kier molecular flexibility index (Phi) is 12.7. The van der Waals surface area contributed by atoms with Crippen LogP contribution in [0.15, 0.2) is 121 Å². The fraction of sp³-hybridized carbons (Fsp3) is 0.114. The second-order valence-corrected chi connectivity index (χ2v) is 14.5. The fourth-order valence-electron chi connectivity index (χ4n) is 4.98. The molecule has 226 valence electrons. The Morgan fingerprint density at radius 1 is 0.909 bits per heavy atom. The number of aliphatic carboxylic acids is 1. The molecule has 0 aliphatic heterocycles. The largest absolute Gasteiger partial charge is 0.506 e. The summed E-state index contributed by atoms with van der Waals surface area (Å²) in [6.07, 6.45) is 7.84. The molecule has 1 unspecified atom stereocenters. The molecule has 1 atom stereocenters. The van der Waals surface area contributed by atoms with Crippen molar-refractivity contribution < 1.29 is 19.7 Å². The summed E-state index contributed by atoms with van der Waals surface area (Å²) in [7, 11) is 0. The highest BCUT2D eigenvalue weighted by Crippen LogP contribution is 2.40. The Morgan fingerprint density at radius 3 is 1.89 bits per heavy atom. The lowest BCUT2D eigenvalue weighted by Crippen LogP contribution is -2.53. The molecule has 9 heteroatoms. The number of hydrogen-bond donors (Lipinski definition) is 3. The molecule has 4 aromatic rings. The van der Waals surface area contributed by atoms with Gasteiger partial charge in [-0.2, -0.15) is 0 Å². The Morgan fingerprint density at radius 2 is 1.43 bits per heavy atom. The van der Waals surface area contributed by atoms with Crippen molar-refractivity contribution in [3.8, 4) is 17.2 Å². The van der Waals surface area contributed by atoms with Crippen LogP contribution in [-0.2, 0) is 16.8 Å². The van der Waals surface area contributed by atoms with Crippen molar-refractivity contribution in [3.05, 3.63) is 152 Å². The molecule has 0 aliphatic carbocycles. The van der Waals surface area contributed by atoms with E-state index in [-0.39, 0.29) is 12.2 Å². The van der Waals surface area contributed by atoms with E-state index in [1.165, 1.54) is 0 Å². The van der Waals surface area contributed by atoms with E-state index in [1.807, 2.05) is 97.9 Å². The monoisotopic (exact) mass is 1030 g/mol. The van der Waals surface area contributed by atoms with Crippen LogP contribution in [0.4, 0.5) is 0 Å². The molecule has 0 spiro atoms. The molecule has 44 heavy (non-hydrogen) atoms. The van der Waals surface area contributed by atoms with Gasteiger partial charge in [-0.15, -0.1) is 0 Å². The second kappa shape index (κ2) is 16.1. The number of phenols is 1. The van der Waals surface area contributed by atoms with Crippen LogP contribution >= 0.6 is 90.4 Å². The van der Waals surface area contributed by atoms with Gasteiger partial charge in [0.2, 0.25) is 0 Å². The number of carboxylic acid groups (broad SMARTS) is 1. The number of carboxylic acids is 1. The van der Waals surface area contributed by atoms with Crippen LogP contribution in [0.2, 0.25) is 0 Å². The molecule has 4 rings (SSSR count). The van der Waals surface area contributed by atoms with Crippen molar-refractivity contribution in [2.24, 2.45) is 0 Å². The first-order valence-corrected chi connectivity index (χ1v) is 17.8. The second-order valence-electron chi connectivity index (χ2n) is 9.81. The maximum absolute atomic E-state index is 13.0. The lowest BCUT2D eigenvalue weighted by Gasteiger charge is -2.40. The predicted octanol–water partition coefficient (Wildman–Crippen LogP) is 9.82. The smallest absolute Gasteiger partial charge is 0.321 e. The van der Waals surface area contributed by atoms with E-state index in [9.17, 15) is 15.0 Å². The molecular formula is C35H29I4NO4. The van der Waals surface area contributed by atoms with Crippen molar-refractivity contribution >= 4 is 96.3 Å². The summed E-state index contributed by atoms with van der Waals surface area (Å²) in [5, 5.41) is 24.4. The molecule has 0 saturated heterocycles. The van der Waals surface area contributed by atoms with Crippen molar-refractivity contribution in [1.29, 1.82) is 0 Å². The first-order chi connectivity index (χ1) is 21.1. The predicted molar refractivity (Wildman–Crippen MR) is 211 cm³/mol. The van der Waals surface area contributed by atoms with E-state index in [2.05, 4.69) is 102 Å². The number of ether oxygens (including phenoxy) is 1. The Labute approximate surface area is 312 Å². The van der Waals surface area contributed by atoms with Crippen LogP contribution < -0.4 is 10.1 Å². The van der Waals surface area contributed by atoms with Crippen LogP contribution in [-0.4, -0.2) is 22.2 Å². The van der Waals surface area contributed by atoms with Gasteiger partial charge in [0, 0.05) is 0 Å². The van der Waals surface area contributed by atoms with E-state index < -0.39 is 17.6 Å². The average molecular weight is 1040 g/mol. The SMILES string of the molecule is C=C/C=C(\C=C/C)C(NC(Cc1cc(I)c(Oc2cc(I)c(O)c(I)c2)c(I)c1)C(=O)O)(c1ccccc1)c1ccccc1. The van der Waals surface area contributed by atoms with Gasteiger partial charge >= 0.3 is 5.97 Å². The van der Waals surface area contributed by atoms with E-state index in [1.54, 1.807) is 18.2 Å². The summed E-state index contributed by atoms with van der Waals surface area (Å²) in [4.78, 5) is 13.0. The van der Waals surface area contributed by atoms with E-state index in [0.29, 0.717) is 18.6 Å². The first kappa shape index (κ1) is 34.9. The lowest BCUT2D eigenvalue weighted by molar-refractivity contribution is -0.139. The molecule has 0 heterocycles. The number of halogens is 4. The van der Waals surface area contributed by atoms with Crippen molar-refractivity contribution in [2.45, 2.75) is 24.9 Å². The van der Waals surface area contributed by atoms with Crippen molar-refractivity contribution in [3.63, 3.8) is 0 Å². The number of rotatable bonds is 12. The molecule has 0 radical (unpaired) electrons. The molecule has 0 bridgehead atoms. The van der Waals surface area contributed by atoms with Gasteiger partial charge in [0.05, 0.1) is 19.8 Å². The summed E-state index contributed by atoms with van der Waals surface area (Å²) in [6, 6.07) is 26.4. The van der Waals surface area contributed by atoms with Gasteiger partial charge < -0.3 is 14.9 Å². The number of allylic oxidation sites excluding steroid dienone is 3. The van der Waals surface area contributed by atoms with E-state index >= 15 is 0 Å². The third kappa shape index (κ3) is 8.06. The van der Waals surface area contributed by atoms with Crippen molar-refractivity contribution in [2.75, 3.05) is 0 Å². The molecule has 5 nitrogen and oxygen atoms in total. The third-order valence-electron chi connectivity index (χ3n) is 6.89. The molecule has 0 aliphatic rings. The molecule has 3 N–H and O–H groups in total. The van der Waals surface area contributed by atoms with Gasteiger partial charge in [-0.1, -0.05) is 91.5 Å². The number of benzene rings is 4. The van der Waals surface area contributed by atoms with Gasteiger partial charge in [0.15, 0.2) is 5.75 Å². The standard InChI is InChI=1S/C35H29I4NO4/c1-3-11-23(12-4-2)35(24-13-7-5-8-14-24,25-15-9-6-10-16-25)40-31(34(42)43)19-22-17-29(38)33(30(39)18-22)44-26-20-27(36)32(41)28(37)21-26/h3-18,20-21,31,40-41H,1,19H2,2H3,(H,42,43)/b12-4-,23-11+. The highest BCUT2D eigenvalue weighted by molar-refractivity contribution is 14.1. The van der Waals surface area contributed by atoms with Gasteiger partial charge in [-0.3, -0.25) is 10.1 Å². The summed E-state index contributed by atoms with van der Waals surface area (Å²) < 4.78 is 9.36. The maximum Gasteiger partial charge on any atom is 0.321 e. The number of aromatic hydroxyl groups is 1. The average Bonchev–Trinajstić information content (AvgIpc) is 3.00. The van der Waals surface area contributed by atoms with Crippen LogP contribution in [0.3, 0.4) is 0 Å². The minimum absolute atomic E-state index is 0.230. The molecule has 4 aromatic carbocycles. The minimum Gasteiger partial charge on any atom is -0.506 e. The van der Waals surface area contributed by atoms with Crippen LogP contribution in [0.25, 0.3) is 0 Å². The number of carbonyl (C=O) groups is 1. The molecule has 0 saturated carbocycles. The molecule has 0 aromatic heterocycles. The van der Waals surface area contributed by atoms with E-state index in [4.69, 9.17) is 4.74 Å². The maximum atomic E-state index is 13.0. The quantitative estimate of drug-likeness (QED) is 0.0974. The normalized spacial score (nSPS) is 12.7. The lowest BCUT2D eigenvalue weighted by atomic mass is 9.75. The van der Waals surface area contributed by atoms with Gasteiger partial charge in [-0.05, 0) is 150 Å². The van der Waals surface area contributed by atoms with Gasteiger partial charge in [-0.25, -0.2) is 0 Å². The molecule has 0 amide bonds.